The fourth-order valence-electron chi connectivity index (χ4n) is 10.8. The average Bonchev–Trinajstić information content (AvgIpc) is 4.01. The molecule has 1 unspecified atom stereocenters. The molecule has 0 spiro atoms. The van der Waals surface area contributed by atoms with Crippen LogP contribution in [0.4, 0.5) is 5.69 Å². The number of hydrogen-bond donors (Lipinski definition) is 0. The molecule has 0 aliphatic heterocycles. The number of nitrogens with zero attached hydrogens (tertiary/aromatic N) is 2. The maximum Gasteiger partial charge on any atom is 0.109 e. The third-order valence-corrected chi connectivity index (χ3v) is 14.8. The monoisotopic (exact) mass is 850 g/mol. The van der Waals surface area contributed by atoms with E-state index in [2.05, 4.69) is 246 Å². The lowest BCUT2D eigenvalue weighted by molar-refractivity contribution is 0.646. The van der Waals surface area contributed by atoms with E-state index in [-0.39, 0.29) is 6.04 Å². The average molecular weight is 851 g/mol. The van der Waals surface area contributed by atoms with Gasteiger partial charge in [0.25, 0.3) is 0 Å². The van der Waals surface area contributed by atoms with E-state index in [0.29, 0.717) is 0 Å². The number of para-hydroxylation sites is 1. The van der Waals surface area contributed by atoms with Crippen molar-refractivity contribution >= 4 is 53.8 Å². The van der Waals surface area contributed by atoms with E-state index in [9.17, 15) is 0 Å². The van der Waals surface area contributed by atoms with Crippen LogP contribution in [0.25, 0.3) is 53.6 Å². The van der Waals surface area contributed by atoms with Crippen LogP contribution in [0.15, 0.2) is 254 Å². The molecule has 0 fully saturated rings. The van der Waals surface area contributed by atoms with Crippen LogP contribution in [-0.2, 0) is 11.8 Å². The van der Waals surface area contributed by atoms with Crippen molar-refractivity contribution in [2.24, 2.45) is 0 Å². The van der Waals surface area contributed by atoms with E-state index >= 15 is 0 Å². The molecule has 2 heterocycles. The molecular formula is C62H46N2S. The highest BCUT2D eigenvalue weighted by molar-refractivity contribution is 7.25. The van der Waals surface area contributed by atoms with E-state index in [0.717, 1.165) is 24.2 Å². The number of allylic oxidation sites excluding steroid dienone is 4. The first-order valence-corrected chi connectivity index (χ1v) is 23.4. The van der Waals surface area contributed by atoms with E-state index in [1.165, 1.54) is 87.0 Å². The van der Waals surface area contributed by atoms with E-state index in [1.54, 1.807) is 0 Å². The highest BCUT2D eigenvalue weighted by Crippen LogP contribution is 2.57. The fourth-order valence-corrected chi connectivity index (χ4v) is 12.1. The summed E-state index contributed by atoms with van der Waals surface area (Å²) in [6.45, 7) is 4.84. The lowest BCUT2D eigenvalue weighted by Crippen LogP contribution is -2.38. The topological polar surface area (TPSA) is 8.17 Å². The molecule has 0 N–H and O–H groups in total. The Hall–Kier alpha value is -7.72. The Balaban J connectivity index is 0.928. The SMILES string of the molecule is C=C(/C=C\Cc1ccc2c(c1)c1c3ccccc3sc1n2-c1ccccc1)N(c1ccc(-c2ccccc2)cc1)C1C=CC2=C(C1)C(c1ccccc1)(c1ccccc1)c1ccccc12. The molecule has 8 aromatic carbocycles. The molecule has 0 radical (unpaired) electrons. The van der Waals surface area contributed by atoms with Crippen LogP contribution in [-0.4, -0.2) is 10.6 Å². The Kier molecular flexibility index (Phi) is 9.65. The third-order valence-electron chi connectivity index (χ3n) is 13.6. The van der Waals surface area contributed by atoms with Crippen LogP contribution in [0, 0.1) is 0 Å². The van der Waals surface area contributed by atoms with Gasteiger partial charge in [-0.05, 0) is 111 Å². The molecule has 0 bridgehead atoms. The Labute approximate surface area is 384 Å². The van der Waals surface area contributed by atoms with Gasteiger partial charge in [0, 0.05) is 37.9 Å². The number of anilines is 1. The first-order chi connectivity index (χ1) is 32.2. The number of fused-ring (bicyclic) bond motifs is 7. The van der Waals surface area contributed by atoms with Crippen molar-refractivity contribution in [2.75, 3.05) is 4.90 Å². The van der Waals surface area contributed by atoms with Crippen LogP contribution in [0.3, 0.4) is 0 Å². The third kappa shape index (κ3) is 6.45. The van der Waals surface area contributed by atoms with Gasteiger partial charge in [-0.25, -0.2) is 0 Å². The smallest absolute Gasteiger partial charge is 0.109 e. The van der Waals surface area contributed by atoms with Crippen molar-refractivity contribution in [3.8, 4) is 16.8 Å². The molecule has 2 aliphatic rings. The van der Waals surface area contributed by atoms with E-state index in [4.69, 9.17) is 6.58 Å². The van der Waals surface area contributed by atoms with E-state index < -0.39 is 5.41 Å². The van der Waals surface area contributed by atoms with Crippen LogP contribution < -0.4 is 4.90 Å². The van der Waals surface area contributed by atoms with Gasteiger partial charge in [0.1, 0.15) is 4.83 Å². The lowest BCUT2D eigenvalue weighted by atomic mass is 9.65. The fraction of sp³-hybridized carbons (Fsp3) is 0.0645. The minimum atomic E-state index is -0.436. The van der Waals surface area contributed by atoms with Crippen LogP contribution in [0.2, 0.25) is 0 Å². The predicted molar refractivity (Wildman–Crippen MR) is 276 cm³/mol. The van der Waals surface area contributed by atoms with Gasteiger partial charge >= 0.3 is 0 Å². The lowest BCUT2D eigenvalue weighted by Gasteiger charge is -2.40. The largest absolute Gasteiger partial charge is 0.335 e. The van der Waals surface area contributed by atoms with Crippen molar-refractivity contribution in [3.63, 3.8) is 0 Å². The molecule has 12 rings (SSSR count). The van der Waals surface area contributed by atoms with Crippen LogP contribution in [0.5, 0.6) is 0 Å². The van der Waals surface area contributed by atoms with Crippen LogP contribution in [0.1, 0.15) is 34.2 Å². The summed E-state index contributed by atoms with van der Waals surface area (Å²) in [7, 11) is 0. The quantitative estimate of drug-likeness (QED) is 0.124. The molecule has 0 amide bonds. The van der Waals surface area contributed by atoms with Crippen LogP contribution >= 0.6 is 11.3 Å². The van der Waals surface area contributed by atoms with Gasteiger partial charge in [0.15, 0.2) is 0 Å². The summed E-state index contributed by atoms with van der Waals surface area (Å²) in [5, 5.41) is 3.94. The first kappa shape index (κ1) is 38.9. The van der Waals surface area contributed by atoms with Gasteiger partial charge < -0.3 is 9.47 Å². The molecular weight excluding hydrogens is 805 g/mol. The highest BCUT2D eigenvalue weighted by Gasteiger charge is 2.48. The van der Waals surface area contributed by atoms with Crippen molar-refractivity contribution in [1.82, 2.24) is 4.57 Å². The zero-order valence-corrected chi connectivity index (χ0v) is 36.8. The second-order valence-corrected chi connectivity index (χ2v) is 18.3. The van der Waals surface area contributed by atoms with Gasteiger partial charge in [-0.2, -0.15) is 0 Å². The minimum Gasteiger partial charge on any atom is -0.335 e. The predicted octanol–water partition coefficient (Wildman–Crippen LogP) is 15.9. The van der Waals surface area contributed by atoms with Gasteiger partial charge in [0.05, 0.1) is 17.0 Å². The molecule has 2 nitrogen and oxygen atoms in total. The highest BCUT2D eigenvalue weighted by atomic mass is 32.1. The Morgan fingerprint density at radius 2 is 1.28 bits per heavy atom. The first-order valence-electron chi connectivity index (χ1n) is 22.6. The summed E-state index contributed by atoms with van der Waals surface area (Å²) >= 11 is 1.87. The molecule has 310 valence electrons. The summed E-state index contributed by atoms with van der Waals surface area (Å²) in [5.41, 5.74) is 15.7. The summed E-state index contributed by atoms with van der Waals surface area (Å²) in [6.07, 6.45) is 11.0. The Morgan fingerprint density at radius 1 is 0.646 bits per heavy atom. The van der Waals surface area contributed by atoms with Gasteiger partial charge in [-0.3, -0.25) is 0 Å². The summed E-state index contributed by atoms with van der Waals surface area (Å²) in [6, 6.07) is 77.6. The second-order valence-electron chi connectivity index (χ2n) is 17.2. The maximum absolute atomic E-state index is 4.84. The Bertz CT molecular complexity index is 3440. The number of rotatable bonds is 10. The Morgan fingerprint density at radius 3 is 2.02 bits per heavy atom. The molecule has 1 atom stereocenters. The van der Waals surface area contributed by atoms with Crippen molar-refractivity contribution in [1.29, 1.82) is 0 Å². The van der Waals surface area contributed by atoms with Crippen molar-refractivity contribution < 1.29 is 0 Å². The van der Waals surface area contributed by atoms with Gasteiger partial charge in [-0.15, -0.1) is 11.3 Å². The molecule has 2 aromatic heterocycles. The molecule has 65 heavy (non-hydrogen) atoms. The summed E-state index contributed by atoms with van der Waals surface area (Å²) in [4.78, 5) is 3.74. The number of hydrogen-bond acceptors (Lipinski definition) is 2. The summed E-state index contributed by atoms with van der Waals surface area (Å²) in [5.74, 6) is 0. The van der Waals surface area contributed by atoms with E-state index in [1.807, 2.05) is 11.3 Å². The molecule has 0 saturated heterocycles. The zero-order chi connectivity index (χ0) is 43.3. The van der Waals surface area contributed by atoms with Gasteiger partial charge in [0.2, 0.25) is 0 Å². The normalized spacial score (nSPS) is 15.2. The molecule has 3 heteroatoms. The van der Waals surface area contributed by atoms with Gasteiger partial charge in [-0.1, -0.05) is 195 Å². The number of benzene rings is 8. The molecule has 10 aromatic rings. The molecule has 0 saturated carbocycles. The number of thiophene rings is 1. The number of aromatic nitrogens is 1. The standard InChI is InChI=1S/C62H46N2S/c1-43(19-18-20-44-33-40-58-55(41-44)60-54-30-15-17-32-59(54)65-61(60)64(58)49-27-12-5-13-28-49)63(50-36-34-46(35-37-50)45-21-6-2-7-22-45)51-38-39-53-52-29-14-16-31-56(52)62(57(53)42-51,47-23-8-3-9-24-47)48-25-10-4-11-26-48/h2-19,21-41,51H,1,20,42H2/b19-18-. The second kappa shape index (κ2) is 16.1. The van der Waals surface area contributed by atoms with Crippen molar-refractivity contribution in [2.45, 2.75) is 24.3 Å². The minimum absolute atomic E-state index is 0.0174. The summed E-state index contributed by atoms with van der Waals surface area (Å²) < 4.78 is 3.75. The molecule has 2 aliphatic carbocycles. The van der Waals surface area contributed by atoms with Crippen molar-refractivity contribution in [3.05, 3.63) is 282 Å². The maximum atomic E-state index is 4.84. The zero-order valence-electron chi connectivity index (χ0n) is 36.0.